The third-order valence-corrected chi connectivity index (χ3v) is 6.27. The van der Waals surface area contributed by atoms with Crippen LogP contribution in [0, 0.1) is 11.8 Å². The van der Waals surface area contributed by atoms with Crippen LogP contribution in [-0.4, -0.2) is 31.3 Å². The van der Waals surface area contributed by atoms with Gasteiger partial charge in [-0.2, -0.15) is 0 Å². The number of rotatable bonds is 5. The molecule has 130 valence electrons. The minimum absolute atomic E-state index is 0.0471. The van der Waals surface area contributed by atoms with Crippen molar-refractivity contribution in [3.63, 3.8) is 0 Å². The Kier molecular flexibility index (Phi) is 5.33. The van der Waals surface area contributed by atoms with E-state index < -0.39 is 10.8 Å². The quantitative estimate of drug-likeness (QED) is 0.904. The molecule has 3 rings (SSSR count). The van der Waals surface area contributed by atoms with Crippen molar-refractivity contribution in [1.29, 1.82) is 0 Å². The summed E-state index contributed by atoms with van der Waals surface area (Å²) < 4.78 is 14.2. The van der Waals surface area contributed by atoms with Gasteiger partial charge < -0.3 is 9.72 Å². The molecule has 0 aliphatic heterocycles. The number of fused-ring (bicyclic) bond motifs is 1. The molecule has 24 heavy (non-hydrogen) atoms. The standard InChI is InChI=1S/C18H25N3O2S/c1-13-6-5-7-16(14(13)2)20-18(22)12-24(23)11-15-10-21-9-4-3-8-17(21)19-15/h3-4,8-10,13-14,16H,5-7,11-12H2,1-2H3,(H,20,22)/t13-,14+,16+,24+/m1/s1. The summed E-state index contributed by atoms with van der Waals surface area (Å²) in [4.78, 5) is 16.6. The maximum atomic E-state index is 12.3. The first-order chi connectivity index (χ1) is 11.5. The van der Waals surface area contributed by atoms with E-state index in [1.165, 1.54) is 6.42 Å². The van der Waals surface area contributed by atoms with Crippen molar-refractivity contribution < 1.29 is 9.00 Å². The van der Waals surface area contributed by atoms with Gasteiger partial charge in [-0.1, -0.05) is 32.8 Å². The maximum Gasteiger partial charge on any atom is 0.232 e. The highest BCUT2D eigenvalue weighted by molar-refractivity contribution is 7.84. The zero-order valence-corrected chi connectivity index (χ0v) is 15.1. The number of carbonyl (C=O) groups is 1. The second kappa shape index (κ2) is 7.47. The molecular formula is C18H25N3O2S. The summed E-state index contributed by atoms with van der Waals surface area (Å²) in [5, 5.41) is 3.08. The van der Waals surface area contributed by atoms with Crippen molar-refractivity contribution in [2.45, 2.75) is 44.9 Å². The van der Waals surface area contributed by atoms with Gasteiger partial charge in [0.15, 0.2) is 0 Å². The first-order valence-corrected chi connectivity index (χ1v) is 10.1. The first kappa shape index (κ1) is 17.1. The molecular weight excluding hydrogens is 322 g/mol. The summed E-state index contributed by atoms with van der Waals surface area (Å²) >= 11 is 0. The second-order valence-corrected chi connectivity index (χ2v) is 8.33. The molecule has 0 spiro atoms. The molecule has 0 aromatic carbocycles. The van der Waals surface area contributed by atoms with Crippen LogP contribution in [0.3, 0.4) is 0 Å². The Morgan fingerprint density at radius 1 is 1.38 bits per heavy atom. The lowest BCUT2D eigenvalue weighted by Crippen LogP contribution is -2.45. The van der Waals surface area contributed by atoms with E-state index in [9.17, 15) is 9.00 Å². The van der Waals surface area contributed by atoms with E-state index in [1.807, 2.05) is 35.0 Å². The normalized spacial score (nSPS) is 25.5. The van der Waals surface area contributed by atoms with Gasteiger partial charge in [0, 0.05) is 29.2 Å². The number of aromatic nitrogens is 2. The zero-order chi connectivity index (χ0) is 17.1. The molecule has 1 aliphatic carbocycles. The van der Waals surface area contributed by atoms with Crippen LogP contribution in [0.15, 0.2) is 30.6 Å². The third kappa shape index (κ3) is 4.04. The Bertz CT molecular complexity index is 710. The molecule has 0 bridgehead atoms. The van der Waals surface area contributed by atoms with E-state index in [-0.39, 0.29) is 17.7 Å². The lowest BCUT2D eigenvalue weighted by molar-refractivity contribution is -0.120. The summed E-state index contributed by atoms with van der Waals surface area (Å²) in [5.41, 5.74) is 1.59. The lowest BCUT2D eigenvalue weighted by Gasteiger charge is -2.34. The zero-order valence-electron chi connectivity index (χ0n) is 14.3. The van der Waals surface area contributed by atoms with Crippen LogP contribution in [0.4, 0.5) is 0 Å². The number of nitrogens with zero attached hydrogens (tertiary/aromatic N) is 2. The number of imidazole rings is 1. The fraction of sp³-hybridized carbons (Fsp3) is 0.556. The van der Waals surface area contributed by atoms with Crippen molar-refractivity contribution in [2.24, 2.45) is 11.8 Å². The Balaban J connectivity index is 1.53. The monoisotopic (exact) mass is 347 g/mol. The van der Waals surface area contributed by atoms with Crippen LogP contribution in [0.1, 0.15) is 38.8 Å². The summed E-state index contributed by atoms with van der Waals surface area (Å²) in [6.45, 7) is 4.44. The van der Waals surface area contributed by atoms with Crippen LogP contribution < -0.4 is 5.32 Å². The van der Waals surface area contributed by atoms with Crippen LogP contribution in [-0.2, 0) is 21.3 Å². The molecule has 4 atom stereocenters. The molecule has 1 fully saturated rings. The van der Waals surface area contributed by atoms with Gasteiger partial charge in [0.1, 0.15) is 11.4 Å². The number of amides is 1. The SMILES string of the molecule is C[C@H]1[C@H](C)CCC[C@@H]1NC(=O)C[S@@](=O)Cc1cn2ccccc2n1. The summed E-state index contributed by atoms with van der Waals surface area (Å²) in [7, 11) is -1.24. The average molecular weight is 347 g/mol. The van der Waals surface area contributed by atoms with Crippen molar-refractivity contribution in [2.75, 3.05) is 5.75 Å². The highest BCUT2D eigenvalue weighted by atomic mass is 32.2. The van der Waals surface area contributed by atoms with Gasteiger partial charge in [-0.25, -0.2) is 4.98 Å². The van der Waals surface area contributed by atoms with Gasteiger partial charge in [0.2, 0.25) is 5.91 Å². The Morgan fingerprint density at radius 3 is 3.00 bits per heavy atom. The molecule has 1 saturated carbocycles. The van der Waals surface area contributed by atoms with E-state index in [2.05, 4.69) is 24.1 Å². The van der Waals surface area contributed by atoms with Crippen LogP contribution in [0.2, 0.25) is 0 Å². The van der Waals surface area contributed by atoms with Crippen molar-refractivity contribution in [1.82, 2.24) is 14.7 Å². The number of hydrogen-bond acceptors (Lipinski definition) is 3. The minimum atomic E-state index is -1.24. The Hall–Kier alpha value is -1.69. The van der Waals surface area contributed by atoms with Gasteiger partial charge in [-0.05, 0) is 30.4 Å². The van der Waals surface area contributed by atoms with Gasteiger partial charge >= 0.3 is 0 Å². The number of carbonyl (C=O) groups excluding carboxylic acids is 1. The molecule has 1 aliphatic rings. The van der Waals surface area contributed by atoms with Gasteiger partial charge in [0.25, 0.3) is 0 Å². The molecule has 0 unspecified atom stereocenters. The number of hydrogen-bond donors (Lipinski definition) is 1. The molecule has 2 heterocycles. The fourth-order valence-corrected chi connectivity index (χ4v) is 4.40. The van der Waals surface area contributed by atoms with Gasteiger partial charge in [0.05, 0.1) is 11.4 Å². The topological polar surface area (TPSA) is 63.5 Å². The number of pyridine rings is 1. The number of nitrogens with one attached hydrogen (secondary N) is 1. The predicted octanol–water partition coefficient (Wildman–Crippen LogP) is 2.52. The molecule has 5 nitrogen and oxygen atoms in total. The van der Waals surface area contributed by atoms with Crippen molar-refractivity contribution in [3.8, 4) is 0 Å². The van der Waals surface area contributed by atoms with E-state index in [0.717, 1.165) is 24.2 Å². The lowest BCUT2D eigenvalue weighted by atomic mass is 9.78. The molecule has 0 radical (unpaired) electrons. The first-order valence-electron chi connectivity index (χ1n) is 8.60. The van der Waals surface area contributed by atoms with E-state index in [1.54, 1.807) is 0 Å². The largest absolute Gasteiger partial charge is 0.352 e. The Morgan fingerprint density at radius 2 is 2.21 bits per heavy atom. The Labute approximate surface area is 145 Å². The van der Waals surface area contributed by atoms with Crippen molar-refractivity contribution >= 4 is 22.4 Å². The average Bonchev–Trinajstić information content (AvgIpc) is 2.93. The third-order valence-electron chi connectivity index (χ3n) is 5.07. The molecule has 2 aromatic rings. The molecule has 2 aromatic heterocycles. The van der Waals surface area contributed by atoms with Gasteiger partial charge in [-0.15, -0.1) is 0 Å². The van der Waals surface area contributed by atoms with Crippen LogP contribution >= 0.6 is 0 Å². The molecule has 1 N–H and O–H groups in total. The minimum Gasteiger partial charge on any atom is -0.352 e. The highest BCUT2D eigenvalue weighted by Gasteiger charge is 2.28. The fourth-order valence-electron chi connectivity index (χ4n) is 3.45. The summed E-state index contributed by atoms with van der Waals surface area (Å²) in [5.74, 6) is 1.36. The van der Waals surface area contributed by atoms with E-state index in [4.69, 9.17) is 0 Å². The van der Waals surface area contributed by atoms with Crippen molar-refractivity contribution in [3.05, 3.63) is 36.3 Å². The van der Waals surface area contributed by atoms with Gasteiger partial charge in [-0.3, -0.25) is 9.00 Å². The molecule has 6 heteroatoms. The van der Waals surface area contributed by atoms with E-state index in [0.29, 0.717) is 17.6 Å². The summed E-state index contributed by atoms with van der Waals surface area (Å²) in [6.07, 6.45) is 7.19. The predicted molar refractivity (Wildman–Crippen MR) is 96.0 cm³/mol. The molecule has 0 saturated heterocycles. The van der Waals surface area contributed by atoms with E-state index >= 15 is 0 Å². The van der Waals surface area contributed by atoms with Crippen LogP contribution in [0.5, 0.6) is 0 Å². The van der Waals surface area contributed by atoms with Crippen LogP contribution in [0.25, 0.3) is 5.65 Å². The maximum absolute atomic E-state index is 12.3. The second-order valence-electron chi connectivity index (χ2n) is 6.87. The molecule has 1 amide bonds. The summed E-state index contributed by atoms with van der Waals surface area (Å²) in [6, 6.07) is 5.97. The highest BCUT2D eigenvalue weighted by Crippen LogP contribution is 2.29. The smallest absolute Gasteiger partial charge is 0.232 e.